The monoisotopic (exact) mass is 392 g/mol. The van der Waals surface area contributed by atoms with Crippen LogP contribution in [0.4, 0.5) is 10.8 Å². The third-order valence-electron chi connectivity index (χ3n) is 5.03. The molecule has 1 aliphatic rings. The summed E-state index contributed by atoms with van der Waals surface area (Å²) in [5.41, 5.74) is 2.76. The molecule has 0 saturated carbocycles. The van der Waals surface area contributed by atoms with Gasteiger partial charge in [-0.05, 0) is 49.7 Å². The molecule has 28 heavy (non-hydrogen) atoms. The van der Waals surface area contributed by atoms with Gasteiger partial charge in [0.25, 0.3) is 5.91 Å². The topological polar surface area (TPSA) is 57.3 Å². The predicted molar refractivity (Wildman–Crippen MR) is 114 cm³/mol. The van der Waals surface area contributed by atoms with Crippen LogP contribution in [0.3, 0.4) is 0 Å². The Labute approximate surface area is 169 Å². The molecule has 144 valence electrons. The molecule has 0 radical (unpaired) electrons. The molecule has 2 heterocycles. The highest BCUT2D eigenvalue weighted by molar-refractivity contribution is 7.13. The third kappa shape index (κ3) is 4.58. The van der Waals surface area contributed by atoms with Crippen molar-refractivity contribution in [1.82, 2.24) is 15.2 Å². The number of amides is 1. The SMILES string of the molecule is O=C(NCC(c1ccccc1)N1CCCC1)c1cccc(Nc2nccs2)c1. The molecule has 2 N–H and O–H groups in total. The Hall–Kier alpha value is -2.70. The van der Waals surface area contributed by atoms with Gasteiger partial charge in [-0.15, -0.1) is 11.3 Å². The molecule has 0 spiro atoms. The van der Waals surface area contributed by atoms with Gasteiger partial charge in [-0.25, -0.2) is 4.98 Å². The zero-order chi connectivity index (χ0) is 19.2. The van der Waals surface area contributed by atoms with Crippen LogP contribution in [0.15, 0.2) is 66.2 Å². The molecule has 1 amide bonds. The average molecular weight is 393 g/mol. The fourth-order valence-electron chi connectivity index (χ4n) is 3.62. The van der Waals surface area contributed by atoms with Crippen LogP contribution in [0.2, 0.25) is 0 Å². The Balaban J connectivity index is 1.43. The predicted octanol–water partition coefficient (Wildman–Crippen LogP) is 4.45. The van der Waals surface area contributed by atoms with E-state index in [0.717, 1.165) is 23.9 Å². The van der Waals surface area contributed by atoms with E-state index in [4.69, 9.17) is 0 Å². The quantitative estimate of drug-likeness (QED) is 0.624. The minimum absolute atomic E-state index is 0.0529. The van der Waals surface area contributed by atoms with Gasteiger partial charge in [0.2, 0.25) is 0 Å². The fraction of sp³-hybridized carbons (Fsp3) is 0.273. The molecule has 1 unspecified atom stereocenters. The number of thiazole rings is 1. The van der Waals surface area contributed by atoms with Crippen LogP contribution in [0.1, 0.15) is 34.8 Å². The molecule has 1 saturated heterocycles. The van der Waals surface area contributed by atoms with E-state index in [1.807, 2.05) is 35.7 Å². The van der Waals surface area contributed by atoms with Crippen molar-refractivity contribution in [3.63, 3.8) is 0 Å². The van der Waals surface area contributed by atoms with E-state index in [1.165, 1.54) is 29.7 Å². The van der Waals surface area contributed by atoms with Crippen molar-refractivity contribution >= 4 is 28.1 Å². The molecule has 6 heteroatoms. The van der Waals surface area contributed by atoms with Crippen molar-refractivity contribution in [3.8, 4) is 0 Å². The van der Waals surface area contributed by atoms with Gasteiger partial charge >= 0.3 is 0 Å². The maximum atomic E-state index is 12.8. The third-order valence-corrected chi connectivity index (χ3v) is 5.72. The molecule has 5 nitrogen and oxygen atoms in total. The van der Waals surface area contributed by atoms with Gasteiger partial charge in [0.05, 0.1) is 6.04 Å². The number of nitrogens with zero attached hydrogens (tertiary/aromatic N) is 2. The van der Waals surface area contributed by atoms with E-state index < -0.39 is 0 Å². The average Bonchev–Trinajstić information content (AvgIpc) is 3.44. The second-order valence-corrected chi connectivity index (χ2v) is 7.82. The molecular weight excluding hydrogens is 368 g/mol. The largest absolute Gasteiger partial charge is 0.350 e. The summed E-state index contributed by atoms with van der Waals surface area (Å²) >= 11 is 1.53. The van der Waals surface area contributed by atoms with E-state index in [-0.39, 0.29) is 11.9 Å². The number of anilines is 2. The van der Waals surface area contributed by atoms with Crippen LogP contribution < -0.4 is 10.6 Å². The Kier molecular flexibility index (Phi) is 5.99. The highest BCUT2D eigenvalue weighted by atomic mass is 32.1. The first-order chi connectivity index (χ1) is 13.8. The van der Waals surface area contributed by atoms with Gasteiger partial charge in [-0.2, -0.15) is 0 Å². The summed E-state index contributed by atoms with van der Waals surface area (Å²) in [7, 11) is 0. The number of likely N-dealkylation sites (tertiary alicyclic amines) is 1. The number of hydrogen-bond acceptors (Lipinski definition) is 5. The van der Waals surface area contributed by atoms with Crippen molar-refractivity contribution in [2.75, 3.05) is 25.0 Å². The van der Waals surface area contributed by atoms with Crippen molar-refractivity contribution < 1.29 is 4.79 Å². The number of benzene rings is 2. The van der Waals surface area contributed by atoms with Crippen LogP contribution >= 0.6 is 11.3 Å². The lowest BCUT2D eigenvalue weighted by Crippen LogP contribution is -2.36. The Bertz CT molecular complexity index is 892. The molecule has 3 aromatic rings. The lowest BCUT2D eigenvalue weighted by atomic mass is 10.1. The van der Waals surface area contributed by atoms with Gasteiger partial charge in [0.15, 0.2) is 5.13 Å². The molecule has 2 aromatic carbocycles. The summed E-state index contributed by atoms with van der Waals surface area (Å²) in [4.78, 5) is 19.5. The number of rotatable bonds is 7. The summed E-state index contributed by atoms with van der Waals surface area (Å²) in [6.45, 7) is 2.78. The van der Waals surface area contributed by atoms with Gasteiger partial charge in [-0.1, -0.05) is 36.4 Å². The smallest absolute Gasteiger partial charge is 0.251 e. The maximum Gasteiger partial charge on any atom is 0.251 e. The molecule has 1 aromatic heterocycles. The minimum atomic E-state index is -0.0529. The summed E-state index contributed by atoms with van der Waals surface area (Å²) in [6.07, 6.45) is 4.20. The maximum absolute atomic E-state index is 12.8. The summed E-state index contributed by atoms with van der Waals surface area (Å²) in [5, 5.41) is 9.11. The van der Waals surface area contributed by atoms with Crippen LogP contribution in [0.25, 0.3) is 0 Å². The van der Waals surface area contributed by atoms with Gasteiger partial charge < -0.3 is 10.6 Å². The zero-order valence-corrected chi connectivity index (χ0v) is 16.5. The summed E-state index contributed by atoms with van der Waals surface area (Å²) in [6, 6.07) is 18.2. The van der Waals surface area contributed by atoms with Crippen LogP contribution in [-0.2, 0) is 0 Å². The van der Waals surface area contributed by atoms with Crippen molar-refractivity contribution in [2.24, 2.45) is 0 Å². The Morgan fingerprint density at radius 1 is 1.11 bits per heavy atom. The Morgan fingerprint density at radius 3 is 2.68 bits per heavy atom. The van der Waals surface area contributed by atoms with Crippen LogP contribution in [-0.4, -0.2) is 35.4 Å². The normalized spacial score (nSPS) is 15.3. The summed E-state index contributed by atoms with van der Waals surface area (Å²) in [5.74, 6) is -0.0529. The van der Waals surface area contributed by atoms with Crippen LogP contribution in [0.5, 0.6) is 0 Å². The van der Waals surface area contributed by atoms with Gasteiger partial charge in [-0.3, -0.25) is 9.69 Å². The highest BCUT2D eigenvalue weighted by Gasteiger charge is 2.24. The molecule has 1 aliphatic heterocycles. The minimum Gasteiger partial charge on any atom is -0.350 e. The lowest BCUT2D eigenvalue weighted by molar-refractivity contribution is 0.0938. The second kappa shape index (κ2) is 8.99. The fourth-order valence-corrected chi connectivity index (χ4v) is 4.17. The zero-order valence-electron chi connectivity index (χ0n) is 15.7. The number of carbonyl (C=O) groups is 1. The summed E-state index contributed by atoms with van der Waals surface area (Å²) < 4.78 is 0. The van der Waals surface area contributed by atoms with Gasteiger partial charge in [0, 0.05) is 29.4 Å². The lowest BCUT2D eigenvalue weighted by Gasteiger charge is -2.28. The highest BCUT2D eigenvalue weighted by Crippen LogP contribution is 2.25. The molecule has 1 fully saturated rings. The van der Waals surface area contributed by atoms with E-state index in [2.05, 4.69) is 44.8 Å². The first kappa shape index (κ1) is 18.7. The number of aromatic nitrogens is 1. The molecular formula is C22H24N4OS. The van der Waals surface area contributed by atoms with Crippen molar-refractivity contribution in [3.05, 3.63) is 77.3 Å². The number of carbonyl (C=O) groups excluding carboxylic acids is 1. The number of hydrogen-bond donors (Lipinski definition) is 2. The standard InChI is InChI=1S/C22H24N4OS/c27-21(18-9-6-10-19(15-18)25-22-23-11-14-28-22)24-16-20(26-12-4-5-13-26)17-7-2-1-3-8-17/h1-3,6-11,14-15,20H,4-5,12-13,16H2,(H,23,25)(H,24,27). The van der Waals surface area contributed by atoms with Crippen molar-refractivity contribution in [2.45, 2.75) is 18.9 Å². The number of nitrogens with one attached hydrogen (secondary N) is 2. The molecule has 0 aliphatic carbocycles. The van der Waals surface area contributed by atoms with Gasteiger partial charge in [0.1, 0.15) is 0 Å². The van der Waals surface area contributed by atoms with E-state index in [0.29, 0.717) is 12.1 Å². The molecule has 1 atom stereocenters. The van der Waals surface area contributed by atoms with E-state index in [1.54, 1.807) is 6.20 Å². The molecule has 0 bridgehead atoms. The first-order valence-corrected chi connectivity index (χ1v) is 10.5. The second-order valence-electron chi connectivity index (χ2n) is 6.92. The Morgan fingerprint density at radius 2 is 1.93 bits per heavy atom. The van der Waals surface area contributed by atoms with Crippen molar-refractivity contribution in [1.29, 1.82) is 0 Å². The van der Waals surface area contributed by atoms with E-state index >= 15 is 0 Å². The van der Waals surface area contributed by atoms with Crippen LogP contribution in [0, 0.1) is 0 Å². The molecule has 4 rings (SSSR count). The first-order valence-electron chi connectivity index (χ1n) is 9.63. The van der Waals surface area contributed by atoms with E-state index in [9.17, 15) is 4.79 Å².